The van der Waals surface area contributed by atoms with Crippen LogP contribution in [0.2, 0.25) is 5.02 Å². The van der Waals surface area contributed by atoms with Gasteiger partial charge in [-0.05, 0) is 49.8 Å². The summed E-state index contributed by atoms with van der Waals surface area (Å²) in [5.41, 5.74) is 7.07. The van der Waals surface area contributed by atoms with Crippen LogP contribution in [0.15, 0.2) is 18.2 Å². The fourth-order valence-corrected chi connectivity index (χ4v) is 3.98. The van der Waals surface area contributed by atoms with Gasteiger partial charge in [0.2, 0.25) is 5.91 Å². The lowest BCUT2D eigenvalue weighted by Gasteiger charge is -2.36. The SMILES string of the molecule is Cc1ccc(Cl)cc1C(=O)N1CCC([C@H]2OCC[C@@H]2C(N)=O)CC1. The summed E-state index contributed by atoms with van der Waals surface area (Å²) < 4.78 is 5.76. The molecule has 2 fully saturated rings. The van der Waals surface area contributed by atoms with Crippen molar-refractivity contribution in [2.45, 2.75) is 32.3 Å². The fraction of sp³-hybridized carbons (Fsp3) is 0.556. The largest absolute Gasteiger partial charge is 0.377 e. The minimum Gasteiger partial charge on any atom is -0.377 e. The van der Waals surface area contributed by atoms with Gasteiger partial charge in [0.15, 0.2) is 0 Å². The number of benzene rings is 1. The van der Waals surface area contributed by atoms with Crippen LogP contribution in [0.5, 0.6) is 0 Å². The van der Waals surface area contributed by atoms with Crippen LogP contribution in [0.4, 0.5) is 0 Å². The number of nitrogens with two attached hydrogens (primary N) is 1. The second kappa shape index (κ2) is 7.11. The molecule has 6 heteroatoms. The van der Waals surface area contributed by atoms with Gasteiger partial charge in [-0.3, -0.25) is 9.59 Å². The van der Waals surface area contributed by atoms with Crippen LogP contribution < -0.4 is 5.73 Å². The fourth-order valence-electron chi connectivity index (χ4n) is 3.81. The summed E-state index contributed by atoms with van der Waals surface area (Å²) in [6, 6.07) is 5.39. The van der Waals surface area contributed by atoms with Crippen molar-refractivity contribution in [3.63, 3.8) is 0 Å². The molecule has 2 aliphatic rings. The number of aryl methyl sites for hydroxylation is 1. The Kier molecular flexibility index (Phi) is 5.11. The highest BCUT2D eigenvalue weighted by Crippen LogP contribution is 2.33. The van der Waals surface area contributed by atoms with E-state index in [1.807, 2.05) is 17.9 Å². The molecule has 0 bridgehead atoms. The van der Waals surface area contributed by atoms with E-state index in [2.05, 4.69) is 0 Å². The molecule has 3 rings (SSSR count). The molecule has 0 aromatic heterocycles. The van der Waals surface area contributed by atoms with Crippen LogP contribution in [0.1, 0.15) is 35.2 Å². The van der Waals surface area contributed by atoms with Crippen molar-refractivity contribution in [1.29, 1.82) is 0 Å². The molecule has 2 saturated heterocycles. The first kappa shape index (κ1) is 17.2. The van der Waals surface area contributed by atoms with Crippen molar-refractivity contribution in [2.75, 3.05) is 19.7 Å². The quantitative estimate of drug-likeness (QED) is 0.909. The summed E-state index contributed by atoms with van der Waals surface area (Å²) >= 11 is 6.02. The Morgan fingerprint density at radius 3 is 2.62 bits per heavy atom. The first-order valence-corrected chi connectivity index (χ1v) is 8.81. The number of ether oxygens (including phenoxy) is 1. The molecular weight excluding hydrogens is 328 g/mol. The van der Waals surface area contributed by atoms with Crippen LogP contribution >= 0.6 is 11.6 Å². The molecule has 2 amide bonds. The highest BCUT2D eigenvalue weighted by Gasteiger charge is 2.40. The Hall–Kier alpha value is -1.59. The molecule has 0 aliphatic carbocycles. The number of likely N-dealkylation sites (tertiary alicyclic amines) is 1. The molecule has 5 nitrogen and oxygen atoms in total. The first-order chi connectivity index (χ1) is 11.5. The molecular formula is C18H23ClN2O3. The Bertz CT molecular complexity index is 641. The third-order valence-electron chi connectivity index (χ3n) is 5.22. The Labute approximate surface area is 147 Å². The third kappa shape index (κ3) is 3.42. The number of hydrogen-bond donors (Lipinski definition) is 1. The molecule has 24 heavy (non-hydrogen) atoms. The van der Waals surface area contributed by atoms with Gasteiger partial charge < -0.3 is 15.4 Å². The maximum atomic E-state index is 12.7. The van der Waals surface area contributed by atoms with Gasteiger partial charge in [0, 0.05) is 30.3 Å². The van der Waals surface area contributed by atoms with Crippen molar-refractivity contribution in [1.82, 2.24) is 4.90 Å². The van der Waals surface area contributed by atoms with E-state index in [1.165, 1.54) is 0 Å². The van der Waals surface area contributed by atoms with Gasteiger partial charge in [0.25, 0.3) is 5.91 Å². The number of carbonyl (C=O) groups excluding carboxylic acids is 2. The average molecular weight is 351 g/mol. The summed E-state index contributed by atoms with van der Waals surface area (Å²) in [4.78, 5) is 26.1. The van der Waals surface area contributed by atoms with Gasteiger partial charge in [-0.25, -0.2) is 0 Å². The van der Waals surface area contributed by atoms with E-state index in [4.69, 9.17) is 22.1 Å². The molecule has 2 N–H and O–H groups in total. The number of nitrogens with zero attached hydrogens (tertiary/aromatic N) is 1. The molecule has 0 spiro atoms. The normalized spacial score (nSPS) is 25.0. The average Bonchev–Trinajstić information content (AvgIpc) is 3.06. The molecule has 0 unspecified atom stereocenters. The van der Waals surface area contributed by atoms with Crippen molar-refractivity contribution in [2.24, 2.45) is 17.6 Å². The van der Waals surface area contributed by atoms with Crippen molar-refractivity contribution >= 4 is 23.4 Å². The molecule has 1 aromatic carbocycles. The zero-order valence-electron chi connectivity index (χ0n) is 13.8. The van der Waals surface area contributed by atoms with E-state index in [0.717, 1.165) is 18.4 Å². The van der Waals surface area contributed by atoms with Crippen molar-refractivity contribution in [3.8, 4) is 0 Å². The van der Waals surface area contributed by atoms with E-state index in [1.54, 1.807) is 12.1 Å². The molecule has 130 valence electrons. The number of rotatable bonds is 3. The second-order valence-electron chi connectivity index (χ2n) is 6.72. The number of primary amides is 1. The lowest BCUT2D eigenvalue weighted by atomic mass is 9.84. The summed E-state index contributed by atoms with van der Waals surface area (Å²) in [6.07, 6.45) is 2.29. The molecule has 0 radical (unpaired) electrons. The van der Waals surface area contributed by atoms with E-state index in [9.17, 15) is 9.59 Å². The van der Waals surface area contributed by atoms with Crippen LogP contribution in [0.3, 0.4) is 0 Å². The van der Waals surface area contributed by atoms with E-state index >= 15 is 0 Å². The Balaban J connectivity index is 1.63. The predicted molar refractivity (Wildman–Crippen MR) is 91.9 cm³/mol. The van der Waals surface area contributed by atoms with E-state index in [-0.39, 0.29) is 29.8 Å². The van der Waals surface area contributed by atoms with Gasteiger partial charge in [-0.1, -0.05) is 17.7 Å². The summed E-state index contributed by atoms with van der Waals surface area (Å²) in [5, 5.41) is 0.572. The minimum atomic E-state index is -0.273. The smallest absolute Gasteiger partial charge is 0.254 e. The predicted octanol–water partition coefficient (Wildman–Crippen LogP) is 2.39. The zero-order chi connectivity index (χ0) is 17.3. The van der Waals surface area contributed by atoms with Crippen LogP contribution in [0.25, 0.3) is 0 Å². The minimum absolute atomic E-state index is 0.0206. The topological polar surface area (TPSA) is 72.6 Å². The Morgan fingerprint density at radius 2 is 1.96 bits per heavy atom. The highest BCUT2D eigenvalue weighted by atomic mass is 35.5. The lowest BCUT2D eigenvalue weighted by molar-refractivity contribution is -0.124. The number of amides is 2. The number of piperidine rings is 1. The summed E-state index contributed by atoms with van der Waals surface area (Å²) in [6.45, 7) is 3.85. The van der Waals surface area contributed by atoms with E-state index < -0.39 is 0 Å². The molecule has 1 aromatic rings. The van der Waals surface area contributed by atoms with Crippen molar-refractivity contribution < 1.29 is 14.3 Å². The standard InChI is InChI=1S/C18H23ClN2O3/c1-11-2-3-13(19)10-15(11)18(23)21-7-4-12(5-8-21)16-14(17(20)22)6-9-24-16/h2-3,10,12,14,16H,4-9H2,1H3,(H2,20,22)/t14-,16+/m0/s1. The van der Waals surface area contributed by atoms with E-state index in [0.29, 0.717) is 36.7 Å². The van der Waals surface area contributed by atoms with Crippen LogP contribution in [0, 0.1) is 18.8 Å². The number of carbonyl (C=O) groups is 2. The monoisotopic (exact) mass is 350 g/mol. The number of hydrogen-bond acceptors (Lipinski definition) is 3. The van der Waals surface area contributed by atoms with Gasteiger partial charge >= 0.3 is 0 Å². The lowest BCUT2D eigenvalue weighted by Crippen LogP contribution is -2.44. The maximum Gasteiger partial charge on any atom is 0.254 e. The molecule has 0 saturated carbocycles. The molecule has 2 aliphatic heterocycles. The summed E-state index contributed by atoms with van der Waals surface area (Å²) in [5.74, 6) is -0.153. The molecule has 2 heterocycles. The zero-order valence-corrected chi connectivity index (χ0v) is 14.6. The highest BCUT2D eigenvalue weighted by molar-refractivity contribution is 6.31. The first-order valence-electron chi connectivity index (χ1n) is 8.43. The number of halogens is 1. The van der Waals surface area contributed by atoms with Gasteiger partial charge in [0.05, 0.1) is 12.0 Å². The van der Waals surface area contributed by atoms with Gasteiger partial charge in [-0.15, -0.1) is 0 Å². The second-order valence-corrected chi connectivity index (χ2v) is 7.16. The third-order valence-corrected chi connectivity index (χ3v) is 5.46. The summed E-state index contributed by atoms with van der Waals surface area (Å²) in [7, 11) is 0. The van der Waals surface area contributed by atoms with Crippen molar-refractivity contribution in [3.05, 3.63) is 34.3 Å². The van der Waals surface area contributed by atoms with Crippen LogP contribution in [-0.2, 0) is 9.53 Å². The van der Waals surface area contributed by atoms with Crippen LogP contribution in [-0.4, -0.2) is 42.5 Å². The molecule has 2 atom stereocenters. The Morgan fingerprint density at radius 1 is 1.25 bits per heavy atom. The maximum absolute atomic E-state index is 12.7. The van der Waals surface area contributed by atoms with Gasteiger partial charge in [0.1, 0.15) is 0 Å². The van der Waals surface area contributed by atoms with Gasteiger partial charge in [-0.2, -0.15) is 0 Å².